The number of hydrogen-bond acceptors (Lipinski definition) is 7. The molecule has 0 bridgehead atoms. The summed E-state index contributed by atoms with van der Waals surface area (Å²) in [4.78, 5) is 17.5. The Morgan fingerprint density at radius 3 is 2.80 bits per heavy atom. The number of piperidine rings is 1. The number of nitrogens with one attached hydrogen (secondary N) is 3. The normalized spacial score (nSPS) is 24.6. The van der Waals surface area contributed by atoms with E-state index >= 15 is 0 Å². The number of aliphatic hydroxyl groups excluding tert-OH is 1. The quantitative estimate of drug-likeness (QED) is 0.538. The van der Waals surface area contributed by atoms with Gasteiger partial charge in [-0.25, -0.2) is 4.79 Å². The smallest absolute Gasteiger partial charge is 0.407 e. The van der Waals surface area contributed by atoms with E-state index in [4.69, 9.17) is 4.74 Å². The van der Waals surface area contributed by atoms with Crippen molar-refractivity contribution >= 4 is 17.4 Å². The lowest BCUT2D eigenvalue weighted by Crippen LogP contribution is -2.42. The minimum absolute atomic E-state index is 0.107. The molecule has 1 aromatic heterocycles. The van der Waals surface area contributed by atoms with Gasteiger partial charge in [-0.05, 0) is 55.8 Å². The standard InChI is InChI=1S/C22H30N4O3S/c27-19-12-26-18(11-16-1-3-17(4-2-16)20-13-24-14-30-20)21(19)29-22(28)25-10-7-15-5-8-23-9-6-15/h1-4,13-15,18-19,21,23,26-27H,5-12H2,(H,25,28)/t18-,19+,21+/m1/s1. The van der Waals surface area contributed by atoms with Crippen LogP contribution in [-0.4, -0.2) is 60.6 Å². The van der Waals surface area contributed by atoms with Gasteiger partial charge in [0.15, 0.2) is 0 Å². The second kappa shape index (κ2) is 10.3. The van der Waals surface area contributed by atoms with Crippen LogP contribution in [0.1, 0.15) is 24.8 Å². The molecule has 2 aliphatic heterocycles. The molecule has 0 unspecified atom stereocenters. The van der Waals surface area contributed by atoms with Gasteiger partial charge in [0, 0.05) is 19.3 Å². The zero-order valence-electron chi connectivity index (χ0n) is 17.0. The van der Waals surface area contributed by atoms with Gasteiger partial charge in [-0.2, -0.15) is 0 Å². The van der Waals surface area contributed by atoms with Crippen molar-refractivity contribution in [3.63, 3.8) is 0 Å². The summed E-state index contributed by atoms with van der Waals surface area (Å²) in [6, 6.07) is 8.22. The molecule has 2 aromatic rings. The molecular weight excluding hydrogens is 400 g/mol. The van der Waals surface area contributed by atoms with E-state index in [1.807, 2.05) is 11.7 Å². The number of aliphatic hydroxyl groups is 1. The summed E-state index contributed by atoms with van der Waals surface area (Å²) in [5.41, 5.74) is 4.10. The Morgan fingerprint density at radius 1 is 1.27 bits per heavy atom. The highest BCUT2D eigenvalue weighted by atomic mass is 32.1. The van der Waals surface area contributed by atoms with Gasteiger partial charge in [0.05, 0.1) is 16.4 Å². The Balaban J connectivity index is 1.26. The van der Waals surface area contributed by atoms with Crippen LogP contribution in [-0.2, 0) is 11.2 Å². The summed E-state index contributed by atoms with van der Waals surface area (Å²) >= 11 is 1.61. The van der Waals surface area contributed by atoms with Crippen LogP contribution < -0.4 is 16.0 Å². The molecule has 7 nitrogen and oxygen atoms in total. The van der Waals surface area contributed by atoms with Crippen molar-refractivity contribution in [1.82, 2.24) is 20.9 Å². The SMILES string of the molecule is O=C(NCCC1CCNCC1)O[C@@H]1[C@@H](O)CN[C@@H]1Cc1ccc(-c2cncs2)cc1. The second-order valence-corrected chi connectivity index (χ2v) is 9.01. The van der Waals surface area contributed by atoms with Gasteiger partial charge in [0.2, 0.25) is 0 Å². The third kappa shape index (κ3) is 5.57. The fourth-order valence-electron chi connectivity index (χ4n) is 4.25. The van der Waals surface area contributed by atoms with Gasteiger partial charge < -0.3 is 25.8 Å². The summed E-state index contributed by atoms with van der Waals surface area (Å²) in [7, 11) is 0. The van der Waals surface area contributed by atoms with E-state index in [-0.39, 0.29) is 6.04 Å². The van der Waals surface area contributed by atoms with E-state index in [0.29, 0.717) is 25.4 Å². The van der Waals surface area contributed by atoms with Crippen LogP contribution in [0.4, 0.5) is 4.79 Å². The molecule has 0 spiro atoms. The van der Waals surface area contributed by atoms with Gasteiger partial charge in [0.25, 0.3) is 0 Å². The second-order valence-electron chi connectivity index (χ2n) is 8.13. The number of amides is 1. The zero-order valence-corrected chi connectivity index (χ0v) is 17.9. The number of rotatable bonds is 7. The fourth-order valence-corrected chi connectivity index (χ4v) is 4.88. The maximum absolute atomic E-state index is 12.3. The average Bonchev–Trinajstić information content (AvgIpc) is 3.41. The van der Waals surface area contributed by atoms with Crippen LogP contribution >= 0.6 is 11.3 Å². The number of aromatic nitrogens is 1. The monoisotopic (exact) mass is 430 g/mol. The molecule has 162 valence electrons. The first kappa shape index (κ1) is 21.2. The third-order valence-electron chi connectivity index (χ3n) is 6.02. The number of alkyl carbamates (subject to hydrolysis) is 1. The molecule has 8 heteroatoms. The molecule has 2 fully saturated rings. The van der Waals surface area contributed by atoms with Crippen molar-refractivity contribution in [1.29, 1.82) is 0 Å². The van der Waals surface area contributed by atoms with Crippen molar-refractivity contribution in [2.24, 2.45) is 5.92 Å². The number of nitrogens with zero attached hydrogens (tertiary/aromatic N) is 1. The van der Waals surface area contributed by atoms with Gasteiger partial charge in [0.1, 0.15) is 12.2 Å². The highest BCUT2D eigenvalue weighted by Crippen LogP contribution is 2.24. The first-order chi connectivity index (χ1) is 14.7. The zero-order chi connectivity index (χ0) is 20.8. The molecule has 2 aliphatic rings. The summed E-state index contributed by atoms with van der Waals surface area (Å²) in [5.74, 6) is 0.658. The van der Waals surface area contributed by atoms with E-state index in [1.165, 1.54) is 0 Å². The molecule has 0 radical (unpaired) electrons. The number of thiazole rings is 1. The number of ether oxygens (including phenoxy) is 1. The van der Waals surface area contributed by atoms with Crippen LogP contribution in [0.15, 0.2) is 36.0 Å². The molecule has 0 saturated carbocycles. The maximum atomic E-state index is 12.3. The highest BCUT2D eigenvalue weighted by Gasteiger charge is 2.37. The van der Waals surface area contributed by atoms with E-state index in [1.54, 1.807) is 11.3 Å². The largest absolute Gasteiger partial charge is 0.442 e. The predicted molar refractivity (Wildman–Crippen MR) is 118 cm³/mol. The number of β-amino-alcohol motifs (C(OH)–C–C–N with tert-alkyl or cyclic N) is 1. The number of carbonyl (C=O) groups excluding carboxylic acids is 1. The molecule has 1 amide bonds. The summed E-state index contributed by atoms with van der Waals surface area (Å²) in [6.07, 6.45) is 4.15. The van der Waals surface area contributed by atoms with Crippen LogP contribution in [0.3, 0.4) is 0 Å². The molecule has 3 heterocycles. The lowest BCUT2D eigenvalue weighted by atomic mass is 9.95. The van der Waals surface area contributed by atoms with Crippen molar-refractivity contribution in [3.05, 3.63) is 41.5 Å². The molecular formula is C22H30N4O3S. The number of carbonyl (C=O) groups is 1. The van der Waals surface area contributed by atoms with Gasteiger partial charge >= 0.3 is 6.09 Å². The number of hydrogen-bond donors (Lipinski definition) is 4. The van der Waals surface area contributed by atoms with Crippen LogP contribution in [0.5, 0.6) is 0 Å². The third-order valence-corrected chi connectivity index (χ3v) is 6.84. The topological polar surface area (TPSA) is 95.5 Å². The molecule has 2 saturated heterocycles. The van der Waals surface area contributed by atoms with E-state index in [9.17, 15) is 9.90 Å². The van der Waals surface area contributed by atoms with Crippen LogP contribution in [0.25, 0.3) is 10.4 Å². The van der Waals surface area contributed by atoms with Crippen LogP contribution in [0.2, 0.25) is 0 Å². The van der Waals surface area contributed by atoms with E-state index in [0.717, 1.165) is 48.4 Å². The summed E-state index contributed by atoms with van der Waals surface area (Å²) in [5, 5.41) is 19.8. The minimum atomic E-state index is -0.693. The lowest BCUT2D eigenvalue weighted by molar-refractivity contribution is 0.0188. The highest BCUT2D eigenvalue weighted by molar-refractivity contribution is 7.13. The average molecular weight is 431 g/mol. The van der Waals surface area contributed by atoms with Crippen LogP contribution in [0, 0.1) is 5.92 Å². The Bertz CT molecular complexity index is 793. The summed E-state index contributed by atoms with van der Waals surface area (Å²) < 4.78 is 5.60. The molecule has 30 heavy (non-hydrogen) atoms. The number of benzene rings is 1. The first-order valence-corrected chi connectivity index (χ1v) is 11.6. The molecule has 4 N–H and O–H groups in total. The Labute approximate surface area is 181 Å². The Morgan fingerprint density at radius 2 is 2.07 bits per heavy atom. The van der Waals surface area contributed by atoms with Crippen molar-refractivity contribution in [2.45, 2.75) is 43.9 Å². The first-order valence-electron chi connectivity index (χ1n) is 10.7. The lowest BCUT2D eigenvalue weighted by Gasteiger charge is -2.24. The fraction of sp³-hybridized carbons (Fsp3) is 0.545. The Hall–Kier alpha value is -2.00. The molecule has 3 atom stereocenters. The Kier molecular flexibility index (Phi) is 7.33. The summed E-state index contributed by atoms with van der Waals surface area (Å²) in [6.45, 7) is 3.16. The van der Waals surface area contributed by atoms with Crippen molar-refractivity contribution < 1.29 is 14.6 Å². The maximum Gasteiger partial charge on any atom is 0.407 e. The van der Waals surface area contributed by atoms with E-state index in [2.05, 4.69) is 45.2 Å². The van der Waals surface area contributed by atoms with Gasteiger partial charge in [-0.1, -0.05) is 24.3 Å². The molecule has 0 aliphatic carbocycles. The molecule has 4 rings (SSSR count). The van der Waals surface area contributed by atoms with Crippen molar-refractivity contribution in [2.75, 3.05) is 26.2 Å². The van der Waals surface area contributed by atoms with Gasteiger partial charge in [-0.3, -0.25) is 4.98 Å². The minimum Gasteiger partial charge on any atom is -0.442 e. The van der Waals surface area contributed by atoms with Gasteiger partial charge in [-0.15, -0.1) is 11.3 Å². The van der Waals surface area contributed by atoms with Crippen molar-refractivity contribution in [3.8, 4) is 10.4 Å². The van der Waals surface area contributed by atoms with E-state index < -0.39 is 18.3 Å². The molecule has 1 aromatic carbocycles. The predicted octanol–water partition coefficient (Wildman–Crippen LogP) is 2.17.